The van der Waals surface area contributed by atoms with Gasteiger partial charge in [0, 0.05) is 41.9 Å². The lowest BCUT2D eigenvalue weighted by Crippen LogP contribution is -2.36. The van der Waals surface area contributed by atoms with Gasteiger partial charge in [0.1, 0.15) is 5.75 Å². The van der Waals surface area contributed by atoms with Crippen LogP contribution in [0.3, 0.4) is 0 Å². The van der Waals surface area contributed by atoms with Gasteiger partial charge in [-0.3, -0.25) is 9.59 Å². The molecule has 0 spiro atoms. The fraction of sp³-hybridized carbons (Fsp3) is 0.357. The number of aryl methyl sites for hydroxylation is 1. The van der Waals surface area contributed by atoms with Crippen molar-refractivity contribution in [3.05, 3.63) is 80.6 Å². The molecule has 9 nitrogen and oxygen atoms in total. The number of aromatic nitrogens is 4. The van der Waals surface area contributed by atoms with E-state index in [2.05, 4.69) is 35.8 Å². The first-order valence-corrected chi connectivity index (χ1v) is 13.1. The van der Waals surface area contributed by atoms with E-state index in [4.69, 9.17) is 16.3 Å². The molecule has 0 atom stereocenters. The number of hydrogen-bond donors (Lipinski definition) is 2. The summed E-state index contributed by atoms with van der Waals surface area (Å²) in [4.78, 5) is 39.6. The summed E-state index contributed by atoms with van der Waals surface area (Å²) in [5, 5.41) is 4.38. The highest BCUT2D eigenvalue weighted by Gasteiger charge is 2.25. The van der Waals surface area contributed by atoms with Crippen LogP contribution in [0, 0.1) is 19.8 Å². The van der Waals surface area contributed by atoms with E-state index >= 15 is 0 Å². The van der Waals surface area contributed by atoms with Gasteiger partial charge in [0.25, 0.3) is 11.5 Å². The number of rotatable bonds is 7. The Morgan fingerprint density at radius 2 is 1.89 bits per heavy atom. The molecule has 3 aromatic heterocycles. The van der Waals surface area contributed by atoms with Crippen molar-refractivity contribution in [3.8, 4) is 5.75 Å². The van der Waals surface area contributed by atoms with Crippen molar-refractivity contribution >= 4 is 34.4 Å². The Balaban J connectivity index is 1.33. The van der Waals surface area contributed by atoms with Crippen molar-refractivity contribution in [2.24, 2.45) is 5.92 Å². The van der Waals surface area contributed by atoms with Crippen LogP contribution in [0.15, 0.2) is 47.5 Å². The quantitative estimate of drug-likeness (QED) is 0.367. The molecule has 1 aliphatic rings. The molecular weight excluding hydrogens is 504 g/mol. The van der Waals surface area contributed by atoms with Crippen LogP contribution < -0.4 is 20.5 Å². The number of nitrogens with one attached hydrogen (secondary N) is 2. The number of pyridine rings is 1. The molecule has 0 unspecified atom stereocenters. The number of H-pyrrole nitrogens is 1. The van der Waals surface area contributed by atoms with Gasteiger partial charge < -0.3 is 24.5 Å². The first-order valence-electron chi connectivity index (χ1n) is 12.7. The number of amides is 1. The third kappa shape index (κ3) is 5.11. The Labute approximate surface area is 225 Å². The lowest BCUT2D eigenvalue weighted by Gasteiger charge is -2.32. The summed E-state index contributed by atoms with van der Waals surface area (Å²) in [6.45, 7) is 6.41. The number of nitrogens with zero attached hydrogens (tertiary/aromatic N) is 4. The number of halogens is 1. The van der Waals surface area contributed by atoms with Crippen LogP contribution in [0.4, 0.5) is 5.95 Å². The van der Waals surface area contributed by atoms with Gasteiger partial charge in [-0.15, -0.1) is 0 Å². The molecular formula is C28H31ClN6O3. The molecule has 4 heterocycles. The van der Waals surface area contributed by atoms with E-state index in [-0.39, 0.29) is 18.0 Å². The topological polar surface area (TPSA) is 105 Å². The second kappa shape index (κ2) is 10.9. The van der Waals surface area contributed by atoms with Gasteiger partial charge in [0.05, 0.1) is 42.2 Å². The number of aromatic amines is 1. The molecule has 5 rings (SSSR count). The molecule has 1 fully saturated rings. The number of para-hydroxylation sites is 1. The number of anilines is 1. The zero-order chi connectivity index (χ0) is 26.8. The monoisotopic (exact) mass is 534 g/mol. The number of ether oxygens (including phenoxy) is 1. The number of carbonyl (C=O) groups is 1. The first-order chi connectivity index (χ1) is 18.4. The highest BCUT2D eigenvalue weighted by atomic mass is 35.5. The predicted octanol–water partition coefficient (Wildman–Crippen LogP) is 4.25. The van der Waals surface area contributed by atoms with Crippen molar-refractivity contribution in [1.29, 1.82) is 0 Å². The summed E-state index contributed by atoms with van der Waals surface area (Å²) in [6, 6.07) is 9.74. The molecule has 1 amide bonds. The standard InChI is InChI=1S/C28H31ClN6O3/c1-17-12-24(38-3)22(26(36)33-17)15-30-27(37)25-18(2)35(23-7-5-4-6-21(23)25)16-19-8-10-34(11-9-19)28-31-13-20(29)14-32-28/h4-7,12-14,19H,8-11,15-16H2,1-3H3,(H,30,37)(H,33,36). The average Bonchev–Trinajstić information content (AvgIpc) is 3.19. The van der Waals surface area contributed by atoms with Gasteiger partial charge in [-0.05, 0) is 44.7 Å². The Morgan fingerprint density at radius 3 is 2.61 bits per heavy atom. The van der Waals surface area contributed by atoms with Crippen LogP contribution in [0.1, 0.15) is 40.2 Å². The second-order valence-electron chi connectivity index (χ2n) is 9.73. The van der Waals surface area contributed by atoms with E-state index < -0.39 is 0 Å². The van der Waals surface area contributed by atoms with Gasteiger partial charge in [-0.1, -0.05) is 29.8 Å². The number of benzene rings is 1. The minimum absolute atomic E-state index is 0.0712. The van der Waals surface area contributed by atoms with Crippen molar-refractivity contribution in [1.82, 2.24) is 24.8 Å². The molecule has 0 saturated carbocycles. The molecule has 4 aromatic rings. The average molecular weight is 535 g/mol. The lowest BCUT2D eigenvalue weighted by molar-refractivity contribution is 0.0951. The molecule has 1 aliphatic heterocycles. The molecule has 198 valence electrons. The van der Waals surface area contributed by atoms with Crippen LogP contribution in [0.25, 0.3) is 10.9 Å². The smallest absolute Gasteiger partial charge is 0.256 e. The summed E-state index contributed by atoms with van der Waals surface area (Å²) >= 11 is 5.93. The van der Waals surface area contributed by atoms with E-state index in [1.54, 1.807) is 25.4 Å². The van der Waals surface area contributed by atoms with E-state index in [9.17, 15) is 9.59 Å². The minimum Gasteiger partial charge on any atom is -0.496 e. The van der Waals surface area contributed by atoms with Crippen molar-refractivity contribution < 1.29 is 9.53 Å². The molecule has 2 N–H and O–H groups in total. The number of fused-ring (bicyclic) bond motifs is 1. The van der Waals surface area contributed by atoms with Gasteiger partial charge >= 0.3 is 0 Å². The third-order valence-corrected chi connectivity index (χ3v) is 7.47. The fourth-order valence-corrected chi connectivity index (χ4v) is 5.39. The summed E-state index contributed by atoms with van der Waals surface area (Å²) in [5.74, 6) is 1.41. The number of carbonyl (C=O) groups excluding carboxylic acids is 1. The number of hydrogen-bond acceptors (Lipinski definition) is 6. The molecule has 0 bridgehead atoms. The Kier molecular flexibility index (Phi) is 7.37. The van der Waals surface area contributed by atoms with Crippen LogP contribution in [0.2, 0.25) is 5.02 Å². The van der Waals surface area contributed by atoms with E-state index in [1.165, 1.54) is 7.11 Å². The van der Waals surface area contributed by atoms with E-state index in [0.29, 0.717) is 39.5 Å². The van der Waals surface area contributed by atoms with Crippen molar-refractivity contribution in [2.75, 3.05) is 25.1 Å². The van der Waals surface area contributed by atoms with Crippen molar-refractivity contribution in [2.45, 2.75) is 39.8 Å². The summed E-state index contributed by atoms with van der Waals surface area (Å²) in [7, 11) is 1.52. The van der Waals surface area contributed by atoms with Gasteiger partial charge in [0.2, 0.25) is 5.95 Å². The van der Waals surface area contributed by atoms with E-state index in [0.717, 1.165) is 49.1 Å². The molecule has 10 heteroatoms. The molecule has 38 heavy (non-hydrogen) atoms. The van der Waals surface area contributed by atoms with Gasteiger partial charge in [-0.2, -0.15) is 0 Å². The molecule has 1 saturated heterocycles. The SMILES string of the molecule is COc1cc(C)[nH]c(=O)c1CNC(=O)c1c(C)n(CC2CCN(c3ncc(Cl)cn3)CC2)c2ccccc12. The number of piperidine rings is 1. The Bertz CT molecular complexity index is 1520. The molecule has 1 aromatic carbocycles. The van der Waals surface area contributed by atoms with Crippen molar-refractivity contribution in [3.63, 3.8) is 0 Å². The highest BCUT2D eigenvalue weighted by molar-refractivity contribution is 6.30. The normalized spacial score (nSPS) is 14.2. The van der Waals surface area contributed by atoms with Gasteiger partial charge in [0.15, 0.2) is 0 Å². The first kappa shape index (κ1) is 25.8. The summed E-state index contributed by atoms with van der Waals surface area (Å²) < 4.78 is 7.63. The number of methoxy groups -OCH3 is 1. The van der Waals surface area contributed by atoms with Gasteiger partial charge in [-0.25, -0.2) is 9.97 Å². The maximum atomic E-state index is 13.5. The Hall–Kier alpha value is -3.85. The minimum atomic E-state index is -0.267. The van der Waals surface area contributed by atoms with Crippen LogP contribution in [0.5, 0.6) is 5.75 Å². The third-order valence-electron chi connectivity index (χ3n) is 7.28. The zero-order valence-electron chi connectivity index (χ0n) is 21.8. The summed E-state index contributed by atoms with van der Waals surface area (Å²) in [6.07, 6.45) is 5.25. The highest BCUT2D eigenvalue weighted by Crippen LogP contribution is 2.30. The molecule has 0 radical (unpaired) electrons. The predicted molar refractivity (Wildman–Crippen MR) is 148 cm³/mol. The second-order valence-corrected chi connectivity index (χ2v) is 10.2. The lowest BCUT2D eigenvalue weighted by atomic mass is 9.96. The van der Waals surface area contributed by atoms with E-state index in [1.807, 2.05) is 25.1 Å². The molecule has 0 aliphatic carbocycles. The summed E-state index contributed by atoms with van der Waals surface area (Å²) in [5.41, 5.74) is 3.41. The van der Waals surface area contributed by atoms with Crippen LogP contribution >= 0.6 is 11.6 Å². The fourth-order valence-electron chi connectivity index (χ4n) is 5.29. The van der Waals surface area contributed by atoms with Crippen LogP contribution in [-0.2, 0) is 13.1 Å². The van der Waals surface area contributed by atoms with Crippen LogP contribution in [-0.4, -0.2) is 45.6 Å². The Morgan fingerprint density at radius 1 is 1.18 bits per heavy atom. The maximum absolute atomic E-state index is 13.5. The maximum Gasteiger partial charge on any atom is 0.256 e. The zero-order valence-corrected chi connectivity index (χ0v) is 22.5. The largest absolute Gasteiger partial charge is 0.496 e.